The molecule has 3 aromatic heterocycles. The molecule has 1 aliphatic rings. The molecule has 0 atom stereocenters. The van der Waals surface area contributed by atoms with Crippen molar-refractivity contribution in [1.82, 2.24) is 19.4 Å². The van der Waals surface area contributed by atoms with Gasteiger partial charge in [-0.25, -0.2) is 4.52 Å². The highest BCUT2D eigenvalue weighted by atomic mass is 15.3. The van der Waals surface area contributed by atoms with Crippen molar-refractivity contribution in [3.63, 3.8) is 0 Å². The first kappa shape index (κ1) is 18.9. The van der Waals surface area contributed by atoms with E-state index in [0.717, 1.165) is 16.7 Å². The molecule has 1 aromatic carbocycles. The van der Waals surface area contributed by atoms with Gasteiger partial charge in [0.05, 0.1) is 34.5 Å². The molecule has 3 heterocycles. The maximum absolute atomic E-state index is 9.19. The molecule has 0 unspecified atom stereocenters. The van der Waals surface area contributed by atoms with Gasteiger partial charge in [-0.05, 0) is 54.2 Å². The lowest BCUT2D eigenvalue weighted by atomic mass is 9.82. The van der Waals surface area contributed by atoms with Gasteiger partial charge in [0, 0.05) is 17.1 Å². The van der Waals surface area contributed by atoms with Gasteiger partial charge in [0.2, 0.25) is 0 Å². The van der Waals surface area contributed by atoms with Crippen LogP contribution < -0.4 is 0 Å². The summed E-state index contributed by atoms with van der Waals surface area (Å²) in [5, 5.41) is 19.9. The fraction of sp³-hybridized carbons (Fsp3) is 0.400. The second kappa shape index (κ2) is 6.98. The van der Waals surface area contributed by atoms with E-state index < -0.39 is 0 Å². The highest BCUT2D eigenvalue weighted by molar-refractivity contribution is 5.87. The predicted molar refractivity (Wildman–Crippen MR) is 119 cm³/mol. The van der Waals surface area contributed by atoms with Crippen LogP contribution in [-0.2, 0) is 5.41 Å². The van der Waals surface area contributed by atoms with Gasteiger partial charge in [-0.3, -0.25) is 4.68 Å². The number of aromatic nitrogens is 4. The van der Waals surface area contributed by atoms with Crippen LogP contribution in [-0.4, -0.2) is 19.4 Å². The lowest BCUT2D eigenvalue weighted by Crippen LogP contribution is -2.14. The Hall–Kier alpha value is -3.13. The number of fused-ring (bicyclic) bond motifs is 2. The van der Waals surface area contributed by atoms with Crippen LogP contribution in [0.5, 0.6) is 0 Å². The van der Waals surface area contributed by atoms with Gasteiger partial charge in [0.15, 0.2) is 0 Å². The number of nitriles is 1. The molecule has 1 aliphatic carbocycles. The Balaban J connectivity index is 1.69. The molecule has 30 heavy (non-hydrogen) atoms. The quantitative estimate of drug-likeness (QED) is 0.415. The summed E-state index contributed by atoms with van der Waals surface area (Å²) < 4.78 is 4.14. The lowest BCUT2D eigenvalue weighted by molar-refractivity contribution is 0.331. The van der Waals surface area contributed by atoms with Crippen LogP contribution in [0.4, 0.5) is 0 Å². The molecule has 0 saturated heterocycles. The third-order valence-corrected chi connectivity index (χ3v) is 6.32. The third kappa shape index (κ3) is 3.17. The first-order valence-corrected chi connectivity index (χ1v) is 10.9. The van der Waals surface area contributed by atoms with Crippen molar-refractivity contribution >= 4 is 16.4 Å². The van der Waals surface area contributed by atoms with Gasteiger partial charge in [-0.1, -0.05) is 40.0 Å². The van der Waals surface area contributed by atoms with E-state index in [1.54, 1.807) is 6.20 Å². The van der Waals surface area contributed by atoms with E-state index in [9.17, 15) is 5.26 Å². The Morgan fingerprint density at radius 1 is 1.07 bits per heavy atom. The monoisotopic (exact) mass is 397 g/mol. The highest BCUT2D eigenvalue weighted by Crippen LogP contribution is 2.37. The SMILES string of the molecule is CC(C)(C)c1cc2nn(C3CCCCC3)cc2cc1-c1ccc2cc(C#N)cnn12. The Morgan fingerprint density at radius 3 is 2.60 bits per heavy atom. The van der Waals surface area contributed by atoms with Crippen molar-refractivity contribution in [3.05, 3.63) is 53.9 Å². The first-order valence-electron chi connectivity index (χ1n) is 10.9. The summed E-state index contributed by atoms with van der Waals surface area (Å²) in [5.74, 6) is 0. The van der Waals surface area contributed by atoms with Crippen molar-refractivity contribution in [3.8, 4) is 17.3 Å². The summed E-state index contributed by atoms with van der Waals surface area (Å²) in [5.41, 5.74) is 6.02. The van der Waals surface area contributed by atoms with Gasteiger partial charge in [-0.2, -0.15) is 15.5 Å². The van der Waals surface area contributed by atoms with Gasteiger partial charge in [0.1, 0.15) is 6.07 Å². The fourth-order valence-electron chi connectivity index (χ4n) is 4.72. The number of rotatable bonds is 2. The summed E-state index contributed by atoms with van der Waals surface area (Å²) in [7, 11) is 0. The molecular weight excluding hydrogens is 370 g/mol. The van der Waals surface area contributed by atoms with Crippen molar-refractivity contribution in [2.24, 2.45) is 0 Å². The smallest absolute Gasteiger partial charge is 0.101 e. The van der Waals surface area contributed by atoms with E-state index in [2.05, 4.69) is 61.0 Å². The fourth-order valence-corrected chi connectivity index (χ4v) is 4.72. The molecule has 0 bridgehead atoms. The van der Waals surface area contributed by atoms with E-state index in [1.165, 1.54) is 48.6 Å². The van der Waals surface area contributed by atoms with Crippen LogP contribution in [0.25, 0.3) is 27.7 Å². The summed E-state index contributed by atoms with van der Waals surface area (Å²) in [6.07, 6.45) is 10.2. The number of benzene rings is 1. The molecule has 5 rings (SSSR count). The third-order valence-electron chi connectivity index (χ3n) is 6.32. The summed E-state index contributed by atoms with van der Waals surface area (Å²) in [4.78, 5) is 0. The zero-order valence-electron chi connectivity index (χ0n) is 17.9. The normalized spacial score (nSPS) is 15.7. The van der Waals surface area contributed by atoms with E-state index in [-0.39, 0.29) is 5.41 Å². The van der Waals surface area contributed by atoms with Crippen molar-refractivity contribution in [2.45, 2.75) is 64.3 Å². The highest BCUT2D eigenvalue weighted by Gasteiger charge is 2.23. The van der Waals surface area contributed by atoms with E-state index in [4.69, 9.17) is 5.10 Å². The summed E-state index contributed by atoms with van der Waals surface area (Å²) in [6, 6.07) is 13.2. The summed E-state index contributed by atoms with van der Waals surface area (Å²) in [6.45, 7) is 6.73. The average Bonchev–Trinajstić information content (AvgIpc) is 3.36. The zero-order valence-corrected chi connectivity index (χ0v) is 17.9. The van der Waals surface area contributed by atoms with E-state index in [0.29, 0.717) is 11.6 Å². The van der Waals surface area contributed by atoms with E-state index >= 15 is 0 Å². The Bertz CT molecular complexity index is 1270. The van der Waals surface area contributed by atoms with Gasteiger partial charge >= 0.3 is 0 Å². The van der Waals surface area contributed by atoms with Crippen LogP contribution >= 0.6 is 0 Å². The molecule has 152 valence electrons. The molecule has 0 amide bonds. The molecule has 0 N–H and O–H groups in total. The minimum atomic E-state index is -0.0328. The summed E-state index contributed by atoms with van der Waals surface area (Å²) >= 11 is 0. The topological polar surface area (TPSA) is 58.9 Å². The van der Waals surface area contributed by atoms with Crippen LogP contribution in [0.1, 0.15) is 70.0 Å². The molecular formula is C25H27N5. The second-order valence-electron chi connectivity index (χ2n) is 9.52. The standard InChI is InChI=1S/C25H27N5/c1-25(2,3)22-13-23-18(16-29(28-23)19-7-5-4-6-8-19)12-21(22)24-10-9-20-11-17(14-26)15-27-30(20)24/h9-13,15-16,19H,4-8H2,1-3H3. The van der Waals surface area contributed by atoms with Crippen molar-refractivity contribution in [2.75, 3.05) is 0 Å². The van der Waals surface area contributed by atoms with Gasteiger partial charge < -0.3 is 0 Å². The molecule has 5 nitrogen and oxygen atoms in total. The largest absolute Gasteiger partial charge is 0.268 e. The Morgan fingerprint density at radius 2 is 1.87 bits per heavy atom. The van der Waals surface area contributed by atoms with Crippen molar-refractivity contribution in [1.29, 1.82) is 5.26 Å². The molecule has 5 heteroatoms. The lowest BCUT2D eigenvalue weighted by Gasteiger charge is -2.23. The van der Waals surface area contributed by atoms with E-state index in [1.807, 2.05) is 16.6 Å². The minimum absolute atomic E-state index is 0.0328. The molecule has 4 aromatic rings. The number of nitrogens with zero attached hydrogens (tertiary/aromatic N) is 5. The number of hydrogen-bond acceptors (Lipinski definition) is 3. The maximum atomic E-state index is 9.19. The van der Waals surface area contributed by atoms with Crippen LogP contribution in [0.2, 0.25) is 0 Å². The van der Waals surface area contributed by atoms with Gasteiger partial charge in [-0.15, -0.1) is 0 Å². The average molecular weight is 398 g/mol. The maximum Gasteiger partial charge on any atom is 0.101 e. The Kier molecular flexibility index (Phi) is 4.39. The molecule has 0 spiro atoms. The molecule has 0 aliphatic heterocycles. The van der Waals surface area contributed by atoms with Crippen LogP contribution in [0, 0.1) is 11.3 Å². The number of hydrogen-bond donors (Lipinski definition) is 0. The van der Waals surface area contributed by atoms with Crippen molar-refractivity contribution < 1.29 is 0 Å². The van der Waals surface area contributed by atoms with Crippen LogP contribution in [0.3, 0.4) is 0 Å². The Labute approximate surface area is 176 Å². The second-order valence-corrected chi connectivity index (χ2v) is 9.52. The molecule has 1 saturated carbocycles. The zero-order chi connectivity index (χ0) is 20.9. The molecule has 1 fully saturated rings. The predicted octanol–water partition coefficient (Wildman–Crippen LogP) is 6.03. The van der Waals surface area contributed by atoms with Gasteiger partial charge in [0.25, 0.3) is 0 Å². The minimum Gasteiger partial charge on any atom is -0.268 e. The molecule has 0 radical (unpaired) electrons. The first-order chi connectivity index (χ1) is 14.4. The van der Waals surface area contributed by atoms with Crippen LogP contribution in [0.15, 0.2) is 42.7 Å².